The first-order valence-electron chi connectivity index (χ1n) is 8.54. The summed E-state index contributed by atoms with van der Waals surface area (Å²) in [6.07, 6.45) is 0.732. The van der Waals surface area contributed by atoms with E-state index in [4.69, 9.17) is 14.2 Å². The van der Waals surface area contributed by atoms with Crippen LogP contribution in [0.4, 0.5) is 4.79 Å². The lowest BCUT2D eigenvalue weighted by atomic mass is 10.0. The van der Waals surface area contributed by atoms with Gasteiger partial charge in [-0.2, -0.15) is 0 Å². The Morgan fingerprint density at radius 1 is 1.11 bits per heavy atom. The van der Waals surface area contributed by atoms with Crippen LogP contribution < -0.4 is 14.2 Å². The molecule has 27 heavy (non-hydrogen) atoms. The third-order valence-electron chi connectivity index (χ3n) is 4.77. The molecule has 1 aromatic carbocycles. The molecule has 0 spiro atoms. The summed E-state index contributed by atoms with van der Waals surface area (Å²) in [7, 11) is 4.68. The lowest BCUT2D eigenvalue weighted by Gasteiger charge is -2.42. The van der Waals surface area contributed by atoms with E-state index in [0.29, 0.717) is 36.8 Å². The second-order valence-corrected chi connectivity index (χ2v) is 7.21. The van der Waals surface area contributed by atoms with Gasteiger partial charge in [0.25, 0.3) is 5.24 Å². The number of imide groups is 1. The molecule has 2 aliphatic heterocycles. The molecule has 0 aliphatic carbocycles. The first-order valence-corrected chi connectivity index (χ1v) is 9.52. The van der Waals surface area contributed by atoms with Crippen LogP contribution in [0.3, 0.4) is 0 Å². The molecular weight excluding hydrogens is 372 g/mol. The molecule has 146 valence electrons. The number of ether oxygens (including phenoxy) is 3. The molecule has 0 aromatic heterocycles. The Hall–Kier alpha value is -2.42. The highest BCUT2D eigenvalue weighted by atomic mass is 32.2. The summed E-state index contributed by atoms with van der Waals surface area (Å²) in [6.45, 7) is 0.793. The van der Waals surface area contributed by atoms with Crippen molar-refractivity contribution in [3.63, 3.8) is 0 Å². The highest BCUT2D eigenvalue weighted by Gasteiger charge is 2.43. The number of hydrogen-bond donors (Lipinski definition) is 0. The molecule has 0 bridgehead atoms. The van der Waals surface area contributed by atoms with Crippen molar-refractivity contribution < 1.29 is 28.6 Å². The first-order chi connectivity index (χ1) is 13.0. The number of amides is 3. The molecule has 3 amide bonds. The maximum Gasteiger partial charge on any atom is 0.289 e. The Morgan fingerprint density at radius 2 is 1.74 bits per heavy atom. The van der Waals surface area contributed by atoms with Gasteiger partial charge in [-0.3, -0.25) is 19.3 Å². The Balaban J connectivity index is 1.59. The number of carbonyl (C=O) groups excluding carboxylic acids is 3. The molecule has 0 radical (unpaired) electrons. The zero-order chi connectivity index (χ0) is 19.6. The molecule has 0 atom stereocenters. The highest BCUT2D eigenvalue weighted by molar-refractivity contribution is 8.14. The van der Waals surface area contributed by atoms with Gasteiger partial charge in [0, 0.05) is 37.2 Å². The maximum absolute atomic E-state index is 12.5. The van der Waals surface area contributed by atoms with Crippen molar-refractivity contribution in [3.8, 4) is 17.2 Å². The lowest BCUT2D eigenvalue weighted by Crippen LogP contribution is -2.62. The summed E-state index contributed by atoms with van der Waals surface area (Å²) in [5, 5.41) is -0.218. The van der Waals surface area contributed by atoms with E-state index in [-0.39, 0.29) is 35.3 Å². The number of benzene rings is 1. The van der Waals surface area contributed by atoms with E-state index in [1.165, 1.54) is 4.90 Å². The largest absolute Gasteiger partial charge is 0.496 e. The third-order valence-corrected chi connectivity index (χ3v) is 5.61. The summed E-state index contributed by atoms with van der Waals surface area (Å²) in [5.74, 6) is 1.81. The van der Waals surface area contributed by atoms with E-state index in [1.807, 2.05) is 0 Å². The number of nitrogens with zero attached hydrogens (tertiary/aromatic N) is 2. The summed E-state index contributed by atoms with van der Waals surface area (Å²) < 4.78 is 16.0. The first kappa shape index (κ1) is 19.3. The van der Waals surface area contributed by atoms with Crippen molar-refractivity contribution in [2.45, 2.75) is 18.9 Å². The Labute approximate surface area is 161 Å². The third kappa shape index (κ3) is 3.83. The van der Waals surface area contributed by atoms with Crippen LogP contribution in [0.5, 0.6) is 17.2 Å². The van der Waals surface area contributed by atoms with Gasteiger partial charge in [0.2, 0.25) is 11.8 Å². The van der Waals surface area contributed by atoms with E-state index < -0.39 is 0 Å². The topological polar surface area (TPSA) is 85.4 Å². The van der Waals surface area contributed by atoms with Crippen LogP contribution in [0.2, 0.25) is 0 Å². The van der Waals surface area contributed by atoms with Crippen LogP contribution in [-0.2, 0) is 16.0 Å². The van der Waals surface area contributed by atoms with Crippen molar-refractivity contribution in [1.29, 1.82) is 0 Å². The quantitative estimate of drug-likeness (QED) is 0.694. The van der Waals surface area contributed by atoms with Crippen molar-refractivity contribution in [2.24, 2.45) is 0 Å². The number of hydrogen-bond acceptors (Lipinski definition) is 7. The van der Waals surface area contributed by atoms with E-state index in [0.717, 1.165) is 17.3 Å². The summed E-state index contributed by atoms with van der Waals surface area (Å²) in [5.41, 5.74) is 0.799. The van der Waals surface area contributed by atoms with Gasteiger partial charge in [-0.1, -0.05) is 11.8 Å². The highest BCUT2D eigenvalue weighted by Crippen LogP contribution is 2.35. The van der Waals surface area contributed by atoms with Gasteiger partial charge in [-0.25, -0.2) is 0 Å². The Morgan fingerprint density at radius 3 is 2.22 bits per heavy atom. The van der Waals surface area contributed by atoms with Crippen molar-refractivity contribution in [1.82, 2.24) is 9.80 Å². The van der Waals surface area contributed by atoms with Crippen molar-refractivity contribution >= 4 is 28.8 Å². The molecule has 9 heteroatoms. The number of thioether (sulfide) groups is 1. The Kier molecular flexibility index (Phi) is 5.79. The molecule has 2 heterocycles. The van der Waals surface area contributed by atoms with Crippen LogP contribution in [0.15, 0.2) is 12.1 Å². The van der Waals surface area contributed by atoms with E-state index >= 15 is 0 Å². The van der Waals surface area contributed by atoms with Crippen molar-refractivity contribution in [2.75, 3.05) is 40.2 Å². The van der Waals surface area contributed by atoms with Gasteiger partial charge < -0.3 is 19.1 Å². The minimum Gasteiger partial charge on any atom is -0.496 e. The van der Waals surface area contributed by atoms with Gasteiger partial charge in [0.1, 0.15) is 17.2 Å². The summed E-state index contributed by atoms with van der Waals surface area (Å²) in [4.78, 5) is 38.9. The molecule has 0 saturated carbocycles. The molecule has 3 rings (SSSR count). The smallest absolute Gasteiger partial charge is 0.289 e. The molecule has 8 nitrogen and oxygen atoms in total. The Bertz CT molecular complexity index is 721. The fourth-order valence-electron chi connectivity index (χ4n) is 3.25. The SMILES string of the molecule is COc1cc(OC)c(CCC(=O)N2CC(N3C(=O)CSC3=O)C2)c(OC)c1. The van der Waals surface area contributed by atoms with Crippen molar-refractivity contribution in [3.05, 3.63) is 17.7 Å². The van der Waals surface area contributed by atoms with E-state index in [2.05, 4.69) is 0 Å². The standard InChI is InChI=1S/C18H22N2O6S/c1-24-12-6-14(25-2)13(15(7-12)26-3)4-5-16(21)19-8-11(9-19)20-17(22)10-27-18(20)23/h6-7,11H,4-5,8-10H2,1-3H3. The minimum atomic E-state index is -0.218. The van der Waals surface area contributed by atoms with E-state index in [9.17, 15) is 14.4 Å². The molecule has 0 N–H and O–H groups in total. The number of rotatable bonds is 7. The molecule has 2 fully saturated rings. The molecule has 2 aliphatic rings. The normalized spacial score (nSPS) is 17.1. The summed E-state index contributed by atoms with van der Waals surface area (Å²) in [6, 6.07) is 3.31. The molecule has 1 aromatic rings. The number of likely N-dealkylation sites (tertiary alicyclic amines) is 1. The fourth-order valence-corrected chi connectivity index (χ4v) is 4.03. The van der Waals surface area contributed by atoms with E-state index in [1.54, 1.807) is 38.4 Å². The predicted molar refractivity (Wildman–Crippen MR) is 99.5 cm³/mol. The van der Waals surface area contributed by atoms with Gasteiger partial charge in [-0.15, -0.1) is 0 Å². The monoisotopic (exact) mass is 394 g/mol. The average molecular weight is 394 g/mol. The number of carbonyl (C=O) groups is 3. The van der Waals surface area contributed by atoms with Gasteiger partial charge in [0.05, 0.1) is 33.1 Å². The van der Waals surface area contributed by atoms with Gasteiger partial charge in [-0.05, 0) is 6.42 Å². The van der Waals surface area contributed by atoms with Crippen LogP contribution >= 0.6 is 11.8 Å². The molecular formula is C18H22N2O6S. The minimum absolute atomic E-state index is 0.0297. The molecule has 2 saturated heterocycles. The number of methoxy groups -OCH3 is 3. The summed E-state index contributed by atoms with van der Waals surface area (Å²) >= 11 is 1.02. The fraction of sp³-hybridized carbons (Fsp3) is 0.500. The predicted octanol–water partition coefficient (Wildman–Crippen LogP) is 1.55. The van der Waals surface area contributed by atoms with Crippen LogP contribution in [0.1, 0.15) is 12.0 Å². The van der Waals surface area contributed by atoms with Gasteiger partial charge in [0.15, 0.2) is 0 Å². The molecule has 0 unspecified atom stereocenters. The van der Waals surface area contributed by atoms with Crippen LogP contribution in [0, 0.1) is 0 Å². The average Bonchev–Trinajstić information content (AvgIpc) is 2.96. The lowest BCUT2D eigenvalue weighted by molar-refractivity contribution is -0.142. The second kappa shape index (κ2) is 8.08. The van der Waals surface area contributed by atoms with Crippen LogP contribution in [-0.4, -0.2) is 73.1 Å². The zero-order valence-corrected chi connectivity index (χ0v) is 16.3. The van der Waals surface area contributed by atoms with Gasteiger partial charge >= 0.3 is 0 Å². The zero-order valence-electron chi connectivity index (χ0n) is 15.5. The second-order valence-electron chi connectivity index (χ2n) is 6.28. The van der Waals surface area contributed by atoms with Crippen LogP contribution in [0.25, 0.3) is 0 Å². The maximum atomic E-state index is 12.5.